The Labute approximate surface area is 204 Å². The van der Waals surface area contributed by atoms with E-state index in [4.69, 9.17) is 4.84 Å². The van der Waals surface area contributed by atoms with Gasteiger partial charge in [-0.05, 0) is 12.0 Å². The number of hydrogen-bond acceptors (Lipinski definition) is 2. The van der Waals surface area contributed by atoms with Gasteiger partial charge in [-0.1, -0.05) is 108 Å². The van der Waals surface area contributed by atoms with E-state index in [0.29, 0.717) is 13.2 Å². The summed E-state index contributed by atoms with van der Waals surface area (Å²) in [4.78, 5) is 19.0. The molecule has 1 atom stereocenters. The number of unbranched alkanes of at least 4 members (excludes halogenated alkanes) is 11. The van der Waals surface area contributed by atoms with Crippen molar-refractivity contribution in [1.82, 2.24) is 5.06 Å². The van der Waals surface area contributed by atoms with Crippen molar-refractivity contribution >= 4 is 5.91 Å². The number of likely N-dealkylation sites (N-methyl/N-ethyl adjacent to an activating group) is 1. The van der Waals surface area contributed by atoms with E-state index in [0.717, 1.165) is 29.4 Å². The Morgan fingerprint density at radius 3 is 1.91 bits per heavy atom. The Balaban J connectivity index is 2.26. The Morgan fingerprint density at radius 1 is 0.879 bits per heavy atom. The maximum Gasteiger partial charge on any atom is 0.304 e. The average molecular weight is 464 g/mol. The Kier molecular flexibility index (Phi) is 16.1. The van der Waals surface area contributed by atoms with Crippen molar-refractivity contribution < 1.29 is 19.8 Å². The molecule has 0 aromatic heterocycles. The van der Waals surface area contributed by atoms with Crippen LogP contribution in [0.25, 0.3) is 0 Å². The first-order valence-corrected chi connectivity index (χ1v) is 13.4. The summed E-state index contributed by atoms with van der Waals surface area (Å²) in [5.74, 6) is 0.0162. The molecule has 0 saturated heterocycles. The number of carbonyl (C=O) groups is 1. The summed E-state index contributed by atoms with van der Waals surface area (Å²) in [6, 6.07) is 9.79. The average Bonchev–Trinajstić information content (AvgIpc) is 2.79. The molecule has 5 heteroatoms. The van der Waals surface area contributed by atoms with E-state index < -0.39 is 0 Å². The van der Waals surface area contributed by atoms with Gasteiger partial charge in [0.05, 0.1) is 34.2 Å². The highest BCUT2D eigenvalue weighted by Crippen LogP contribution is 2.13. The molecule has 0 heterocycles. The molecule has 0 aliphatic rings. The Morgan fingerprint density at radius 2 is 1.39 bits per heavy atom. The summed E-state index contributed by atoms with van der Waals surface area (Å²) >= 11 is 0. The summed E-state index contributed by atoms with van der Waals surface area (Å²) in [5, 5.41) is 1.56. The summed E-state index contributed by atoms with van der Waals surface area (Å²) in [6.45, 7) is 4.11. The number of nitrogens with zero attached hydrogens (tertiary/aromatic N) is 2. The van der Waals surface area contributed by atoms with Crippen LogP contribution in [-0.2, 0) is 16.2 Å². The lowest BCUT2D eigenvalue weighted by molar-refractivity contribution is -0.870. The van der Waals surface area contributed by atoms with Gasteiger partial charge >= 0.3 is 5.91 Å². The van der Waals surface area contributed by atoms with E-state index in [9.17, 15) is 4.79 Å². The molecule has 1 amide bonds. The number of benzene rings is 1. The largest absolute Gasteiger partial charge is 0.347 e. The first-order valence-electron chi connectivity index (χ1n) is 13.4. The Bertz CT molecular complexity index is 601. The zero-order chi connectivity index (χ0) is 24.4. The van der Waals surface area contributed by atoms with E-state index in [-0.39, 0.29) is 11.9 Å². The van der Waals surface area contributed by atoms with Crippen LogP contribution in [-0.4, -0.2) is 55.7 Å². The van der Waals surface area contributed by atoms with Crippen LogP contribution >= 0.6 is 0 Å². The number of quaternary nitrogens is 2. The van der Waals surface area contributed by atoms with E-state index >= 15 is 0 Å². The van der Waals surface area contributed by atoms with Gasteiger partial charge in [0, 0.05) is 6.42 Å². The third-order valence-electron chi connectivity index (χ3n) is 6.20. The quantitative estimate of drug-likeness (QED) is 0.161. The number of hydroxylamine groups is 2. The van der Waals surface area contributed by atoms with E-state index in [1.807, 2.05) is 30.3 Å². The standard InChI is InChI=1S/C28H52N3O2/c1-5-6-7-8-9-10-11-12-13-14-15-19-22-27(29)28(32)30(23-24-31(2,3)4)33-25-26-20-17-16-18-21-26/h16-18,20-21,27H,5-15,19,22-25,29H2,1-4H3/q+1/p+1. The van der Waals surface area contributed by atoms with E-state index in [1.165, 1.54) is 70.6 Å². The van der Waals surface area contributed by atoms with Crippen molar-refractivity contribution in [2.75, 3.05) is 34.2 Å². The maximum absolute atomic E-state index is 13.0. The molecule has 0 saturated carbocycles. The predicted molar refractivity (Wildman–Crippen MR) is 138 cm³/mol. The Hall–Kier alpha value is -1.43. The molecule has 3 N–H and O–H groups in total. The second kappa shape index (κ2) is 18.0. The highest BCUT2D eigenvalue weighted by atomic mass is 16.7. The fourth-order valence-electron chi connectivity index (χ4n) is 3.91. The van der Waals surface area contributed by atoms with Gasteiger partial charge in [-0.3, -0.25) is 9.63 Å². The zero-order valence-electron chi connectivity index (χ0n) is 22.2. The number of rotatable bonds is 20. The fourth-order valence-corrected chi connectivity index (χ4v) is 3.91. The van der Waals surface area contributed by atoms with Crippen LogP contribution in [0.1, 0.15) is 96.0 Å². The molecule has 190 valence electrons. The van der Waals surface area contributed by atoms with Crippen LogP contribution in [0.15, 0.2) is 30.3 Å². The topological polar surface area (TPSA) is 57.2 Å². The molecular weight excluding hydrogens is 410 g/mol. The molecule has 5 nitrogen and oxygen atoms in total. The van der Waals surface area contributed by atoms with Crippen molar-refractivity contribution in [1.29, 1.82) is 0 Å². The molecule has 33 heavy (non-hydrogen) atoms. The van der Waals surface area contributed by atoms with Crippen molar-refractivity contribution in [3.63, 3.8) is 0 Å². The van der Waals surface area contributed by atoms with Gasteiger partial charge in [0.15, 0.2) is 6.04 Å². The second-order valence-electron chi connectivity index (χ2n) is 10.6. The highest BCUT2D eigenvalue weighted by molar-refractivity contribution is 5.79. The molecule has 0 bridgehead atoms. The monoisotopic (exact) mass is 463 g/mol. The van der Waals surface area contributed by atoms with Gasteiger partial charge in [-0.2, -0.15) is 0 Å². The van der Waals surface area contributed by atoms with Crippen LogP contribution in [0.3, 0.4) is 0 Å². The summed E-state index contributed by atoms with van der Waals surface area (Å²) in [5.41, 5.74) is 5.24. The van der Waals surface area contributed by atoms with Gasteiger partial charge in [-0.15, -0.1) is 0 Å². The van der Waals surface area contributed by atoms with E-state index in [1.54, 1.807) is 5.06 Å². The van der Waals surface area contributed by atoms with Gasteiger partial charge in [0.25, 0.3) is 0 Å². The maximum atomic E-state index is 13.0. The molecule has 1 aromatic carbocycles. The lowest BCUT2D eigenvalue weighted by Gasteiger charge is -2.29. The lowest BCUT2D eigenvalue weighted by Crippen LogP contribution is -2.68. The van der Waals surface area contributed by atoms with Crippen LogP contribution in [0, 0.1) is 0 Å². The third kappa shape index (κ3) is 15.9. The highest BCUT2D eigenvalue weighted by Gasteiger charge is 2.26. The summed E-state index contributed by atoms with van der Waals surface area (Å²) in [7, 11) is 6.40. The van der Waals surface area contributed by atoms with Crippen molar-refractivity contribution in [3.05, 3.63) is 35.9 Å². The first-order chi connectivity index (χ1) is 15.8. The minimum Gasteiger partial charge on any atom is -0.347 e. The van der Waals surface area contributed by atoms with Gasteiger partial charge < -0.3 is 10.2 Å². The van der Waals surface area contributed by atoms with Crippen LogP contribution in [0.2, 0.25) is 0 Å². The van der Waals surface area contributed by atoms with Crippen molar-refractivity contribution in [2.24, 2.45) is 0 Å². The molecule has 1 aromatic rings. The molecule has 1 rings (SSSR count). The molecule has 0 spiro atoms. The number of amides is 1. The third-order valence-corrected chi connectivity index (χ3v) is 6.20. The normalized spacial score (nSPS) is 12.6. The molecule has 1 unspecified atom stereocenters. The van der Waals surface area contributed by atoms with Gasteiger partial charge in [-0.25, -0.2) is 5.06 Å². The molecule has 0 aliphatic carbocycles. The van der Waals surface area contributed by atoms with Crippen molar-refractivity contribution in [2.45, 2.75) is 103 Å². The smallest absolute Gasteiger partial charge is 0.304 e. The zero-order valence-corrected chi connectivity index (χ0v) is 22.2. The number of carbonyl (C=O) groups excluding carboxylic acids is 1. The van der Waals surface area contributed by atoms with Gasteiger partial charge in [0.1, 0.15) is 6.61 Å². The minimum absolute atomic E-state index is 0.0162. The molecular formula is C28H53N3O2+2. The second-order valence-corrected chi connectivity index (χ2v) is 10.6. The first kappa shape index (κ1) is 29.6. The predicted octanol–water partition coefficient (Wildman–Crippen LogP) is 5.35. The van der Waals surface area contributed by atoms with Gasteiger partial charge in [0.2, 0.25) is 0 Å². The summed E-state index contributed by atoms with van der Waals surface area (Å²) in [6.07, 6.45) is 16.8. The van der Waals surface area contributed by atoms with Crippen LogP contribution < -0.4 is 5.73 Å². The van der Waals surface area contributed by atoms with Crippen LogP contribution in [0.5, 0.6) is 0 Å². The van der Waals surface area contributed by atoms with Crippen molar-refractivity contribution in [3.8, 4) is 0 Å². The molecule has 0 aliphatic heterocycles. The summed E-state index contributed by atoms with van der Waals surface area (Å²) < 4.78 is 0.791. The van der Waals surface area contributed by atoms with E-state index in [2.05, 4.69) is 33.8 Å². The number of hydrogen-bond donors (Lipinski definition) is 1. The molecule has 0 radical (unpaired) electrons. The SMILES string of the molecule is CCCCCCCCCCCCCCC([NH3+])C(=O)N(CC[N+](C)(C)C)OCc1ccccc1. The lowest BCUT2D eigenvalue weighted by atomic mass is 10.0. The minimum atomic E-state index is -0.239. The van der Waals surface area contributed by atoms with Crippen LogP contribution in [0.4, 0.5) is 0 Å². The molecule has 0 fully saturated rings. The fraction of sp³-hybridized carbons (Fsp3) is 0.750.